The van der Waals surface area contributed by atoms with Crippen molar-refractivity contribution in [3.8, 4) is 0 Å². The molecule has 0 amide bonds. The van der Waals surface area contributed by atoms with E-state index in [0.29, 0.717) is 5.56 Å². The summed E-state index contributed by atoms with van der Waals surface area (Å²) in [6.45, 7) is 4.49. The Hall–Kier alpha value is -1.01. The lowest BCUT2D eigenvalue weighted by atomic mass is 10.0. The van der Waals surface area contributed by atoms with Crippen LogP contribution in [0.5, 0.6) is 0 Å². The molecule has 5 heteroatoms. The molecule has 3 atom stereocenters. The second-order valence-electron chi connectivity index (χ2n) is 5.66. The first-order valence-corrected chi connectivity index (χ1v) is 7.54. The number of benzene rings is 1. The summed E-state index contributed by atoms with van der Waals surface area (Å²) >= 11 is 0. The quantitative estimate of drug-likeness (QED) is 0.836. The van der Waals surface area contributed by atoms with Crippen LogP contribution in [-0.2, 0) is 4.74 Å². The predicted molar refractivity (Wildman–Crippen MR) is 80.7 cm³/mol. The average molecular weight is 296 g/mol. The minimum atomic E-state index is -0.166. The largest absolute Gasteiger partial charge is 0.394 e. The fourth-order valence-electron chi connectivity index (χ4n) is 2.95. The molecule has 1 aliphatic heterocycles. The van der Waals surface area contributed by atoms with E-state index in [-0.39, 0.29) is 30.7 Å². The topological polar surface area (TPSA) is 44.7 Å². The number of hydrogen-bond donors (Lipinski definition) is 2. The Kier molecular flexibility index (Phi) is 6.11. The molecule has 3 unspecified atom stereocenters. The van der Waals surface area contributed by atoms with Gasteiger partial charge in [-0.05, 0) is 26.5 Å². The lowest BCUT2D eigenvalue weighted by molar-refractivity contribution is -0.0955. The van der Waals surface area contributed by atoms with E-state index in [1.807, 2.05) is 26.1 Å². The lowest BCUT2D eigenvalue weighted by Gasteiger charge is -2.36. The molecule has 4 nitrogen and oxygen atoms in total. The molecule has 0 radical (unpaired) electrons. The van der Waals surface area contributed by atoms with Gasteiger partial charge in [0.2, 0.25) is 0 Å². The summed E-state index contributed by atoms with van der Waals surface area (Å²) in [5, 5.41) is 12.4. The Bertz CT molecular complexity index is 444. The fraction of sp³-hybridized carbons (Fsp3) is 0.625. The molecule has 1 aliphatic rings. The van der Waals surface area contributed by atoms with Crippen molar-refractivity contribution in [3.05, 3.63) is 35.6 Å². The third-order valence-electron chi connectivity index (χ3n) is 3.97. The minimum Gasteiger partial charge on any atom is -0.394 e. The van der Waals surface area contributed by atoms with Crippen LogP contribution in [0.15, 0.2) is 24.3 Å². The summed E-state index contributed by atoms with van der Waals surface area (Å²) in [5.74, 6) is -0.166. The third-order valence-corrected chi connectivity index (χ3v) is 3.97. The number of hydrogen-bond acceptors (Lipinski definition) is 4. The van der Waals surface area contributed by atoms with Crippen LogP contribution in [0, 0.1) is 5.82 Å². The number of nitrogens with one attached hydrogen (secondary N) is 1. The van der Waals surface area contributed by atoms with Crippen LogP contribution in [0.1, 0.15) is 24.9 Å². The Balaban J connectivity index is 1.92. The van der Waals surface area contributed by atoms with E-state index in [1.165, 1.54) is 6.07 Å². The van der Waals surface area contributed by atoms with Crippen molar-refractivity contribution in [2.24, 2.45) is 0 Å². The highest BCUT2D eigenvalue weighted by atomic mass is 19.1. The maximum absolute atomic E-state index is 13.9. The minimum absolute atomic E-state index is 0.00284. The van der Waals surface area contributed by atoms with Crippen LogP contribution >= 0.6 is 0 Å². The summed E-state index contributed by atoms with van der Waals surface area (Å²) in [5.41, 5.74) is 0.708. The molecule has 0 aliphatic carbocycles. The van der Waals surface area contributed by atoms with Gasteiger partial charge >= 0.3 is 0 Å². The van der Waals surface area contributed by atoms with Crippen LogP contribution in [0.4, 0.5) is 4.39 Å². The first kappa shape index (κ1) is 16.4. The number of nitrogens with zero attached hydrogens (tertiary/aromatic N) is 1. The van der Waals surface area contributed by atoms with Crippen molar-refractivity contribution in [2.75, 3.05) is 33.3 Å². The van der Waals surface area contributed by atoms with Crippen LogP contribution < -0.4 is 5.32 Å². The molecule has 1 aromatic carbocycles. The predicted octanol–water partition coefficient (Wildman–Crippen LogP) is 1.56. The number of morpholine rings is 1. The van der Waals surface area contributed by atoms with Gasteiger partial charge in [0.05, 0.1) is 18.8 Å². The highest BCUT2D eigenvalue weighted by Gasteiger charge is 2.25. The number of aliphatic hydroxyl groups excluding tert-OH is 1. The van der Waals surface area contributed by atoms with Gasteiger partial charge in [0.25, 0.3) is 0 Å². The van der Waals surface area contributed by atoms with E-state index in [1.54, 1.807) is 6.07 Å². The summed E-state index contributed by atoms with van der Waals surface area (Å²) in [4.78, 5) is 2.28. The zero-order valence-corrected chi connectivity index (χ0v) is 12.8. The van der Waals surface area contributed by atoms with Crippen LogP contribution in [0.3, 0.4) is 0 Å². The first-order valence-electron chi connectivity index (χ1n) is 7.54. The van der Waals surface area contributed by atoms with Crippen LogP contribution in [0.2, 0.25) is 0 Å². The Morgan fingerprint density at radius 3 is 2.86 bits per heavy atom. The van der Waals surface area contributed by atoms with E-state index >= 15 is 0 Å². The van der Waals surface area contributed by atoms with Crippen molar-refractivity contribution >= 4 is 0 Å². The van der Waals surface area contributed by atoms with Gasteiger partial charge in [0.1, 0.15) is 5.82 Å². The highest BCUT2D eigenvalue weighted by Crippen LogP contribution is 2.21. The molecular weight excluding hydrogens is 271 g/mol. The smallest absolute Gasteiger partial charge is 0.127 e. The molecule has 2 rings (SSSR count). The highest BCUT2D eigenvalue weighted by molar-refractivity contribution is 5.21. The molecule has 21 heavy (non-hydrogen) atoms. The SMILES string of the molecule is CNC(CCN1CC(C)OC(CO)C1)c1ccccc1F. The van der Waals surface area contributed by atoms with E-state index in [2.05, 4.69) is 10.2 Å². The molecule has 1 heterocycles. The van der Waals surface area contributed by atoms with Gasteiger partial charge in [-0.25, -0.2) is 4.39 Å². The van der Waals surface area contributed by atoms with Crippen LogP contribution in [-0.4, -0.2) is 55.5 Å². The van der Waals surface area contributed by atoms with Gasteiger partial charge in [0.15, 0.2) is 0 Å². The Morgan fingerprint density at radius 2 is 2.19 bits per heavy atom. The van der Waals surface area contributed by atoms with Crippen molar-refractivity contribution in [1.82, 2.24) is 10.2 Å². The van der Waals surface area contributed by atoms with E-state index in [4.69, 9.17) is 4.74 Å². The monoisotopic (exact) mass is 296 g/mol. The zero-order valence-electron chi connectivity index (χ0n) is 12.8. The Labute approximate surface area is 125 Å². The second kappa shape index (κ2) is 7.84. The molecule has 0 bridgehead atoms. The molecule has 2 N–H and O–H groups in total. The standard InChI is InChI=1S/C16H25FN2O2/c1-12-9-19(10-13(11-20)21-12)8-7-16(18-2)14-5-3-4-6-15(14)17/h3-6,12-13,16,18,20H,7-11H2,1-2H3. The maximum Gasteiger partial charge on any atom is 0.127 e. The van der Waals surface area contributed by atoms with Gasteiger partial charge in [-0.2, -0.15) is 0 Å². The van der Waals surface area contributed by atoms with E-state index < -0.39 is 0 Å². The molecular formula is C16H25FN2O2. The van der Waals surface area contributed by atoms with Crippen molar-refractivity contribution in [2.45, 2.75) is 31.6 Å². The molecule has 0 aromatic heterocycles. The van der Waals surface area contributed by atoms with Crippen molar-refractivity contribution in [3.63, 3.8) is 0 Å². The Morgan fingerprint density at radius 1 is 1.43 bits per heavy atom. The molecule has 118 valence electrons. The average Bonchev–Trinajstić information content (AvgIpc) is 2.49. The lowest BCUT2D eigenvalue weighted by Crippen LogP contribution is -2.48. The van der Waals surface area contributed by atoms with Gasteiger partial charge in [-0.3, -0.25) is 4.90 Å². The molecule has 1 fully saturated rings. The fourth-order valence-corrected chi connectivity index (χ4v) is 2.95. The zero-order chi connectivity index (χ0) is 15.2. The van der Waals surface area contributed by atoms with E-state index in [0.717, 1.165) is 26.1 Å². The maximum atomic E-state index is 13.9. The van der Waals surface area contributed by atoms with Gasteiger partial charge in [-0.1, -0.05) is 18.2 Å². The second-order valence-corrected chi connectivity index (χ2v) is 5.66. The summed E-state index contributed by atoms with van der Waals surface area (Å²) < 4.78 is 19.5. The number of rotatable bonds is 6. The van der Waals surface area contributed by atoms with Gasteiger partial charge in [0, 0.05) is 31.2 Å². The van der Waals surface area contributed by atoms with Crippen LogP contribution in [0.25, 0.3) is 0 Å². The number of aliphatic hydroxyl groups is 1. The number of ether oxygens (including phenoxy) is 1. The molecule has 1 aromatic rings. The summed E-state index contributed by atoms with van der Waals surface area (Å²) in [7, 11) is 1.86. The molecule has 0 spiro atoms. The van der Waals surface area contributed by atoms with Gasteiger partial charge < -0.3 is 15.2 Å². The first-order chi connectivity index (χ1) is 10.1. The van der Waals surface area contributed by atoms with E-state index in [9.17, 15) is 9.50 Å². The summed E-state index contributed by atoms with van der Waals surface area (Å²) in [6.07, 6.45) is 0.829. The number of halogens is 1. The van der Waals surface area contributed by atoms with Crippen molar-refractivity contribution in [1.29, 1.82) is 0 Å². The van der Waals surface area contributed by atoms with Gasteiger partial charge in [-0.15, -0.1) is 0 Å². The normalized spacial score (nSPS) is 25.0. The molecule has 1 saturated heterocycles. The third kappa shape index (κ3) is 4.48. The summed E-state index contributed by atoms with van der Waals surface area (Å²) in [6, 6.07) is 6.90. The molecule has 0 saturated carbocycles. The van der Waals surface area contributed by atoms with Crippen molar-refractivity contribution < 1.29 is 14.2 Å².